The van der Waals surface area contributed by atoms with Crippen LogP contribution in [0.1, 0.15) is 26.7 Å². The quantitative estimate of drug-likeness (QED) is 0.915. The van der Waals surface area contributed by atoms with Gasteiger partial charge in [0, 0.05) is 38.7 Å². The van der Waals surface area contributed by atoms with Crippen LogP contribution in [-0.4, -0.2) is 53.8 Å². The van der Waals surface area contributed by atoms with E-state index in [1.54, 1.807) is 6.92 Å². The number of hydrogen-bond acceptors (Lipinski definition) is 3. The largest absolute Gasteiger partial charge is 0.341 e. The number of carbonyl (C=O) groups excluding carboxylic acids is 2. The molecule has 1 aromatic rings. The van der Waals surface area contributed by atoms with E-state index in [1.807, 2.05) is 16.7 Å². The second-order valence-electron chi connectivity index (χ2n) is 5.91. The molecule has 1 fully saturated rings. The maximum Gasteiger partial charge on any atom is 0.241 e. The molecule has 1 aliphatic heterocycles. The van der Waals surface area contributed by atoms with Crippen molar-refractivity contribution in [2.75, 3.05) is 31.5 Å². The smallest absolute Gasteiger partial charge is 0.241 e. The summed E-state index contributed by atoms with van der Waals surface area (Å²) in [5, 5.41) is 2.50. The van der Waals surface area contributed by atoms with Crippen LogP contribution in [0.5, 0.6) is 0 Å². The van der Waals surface area contributed by atoms with E-state index < -0.39 is 17.7 Å². The fourth-order valence-corrected chi connectivity index (χ4v) is 2.79. The van der Waals surface area contributed by atoms with Gasteiger partial charge in [0.15, 0.2) is 0 Å². The Labute approximate surface area is 140 Å². The Morgan fingerprint density at radius 1 is 1.21 bits per heavy atom. The molecule has 5 nitrogen and oxygen atoms in total. The first-order chi connectivity index (χ1) is 11.4. The third kappa shape index (κ3) is 4.50. The molecule has 1 aromatic carbocycles. The number of hydrogen-bond donors (Lipinski definition) is 1. The van der Waals surface area contributed by atoms with E-state index >= 15 is 0 Å². The van der Waals surface area contributed by atoms with Crippen molar-refractivity contribution >= 4 is 17.5 Å². The van der Waals surface area contributed by atoms with Gasteiger partial charge in [-0.1, -0.05) is 6.92 Å². The summed E-state index contributed by atoms with van der Waals surface area (Å²) in [7, 11) is 0. The van der Waals surface area contributed by atoms with Crippen molar-refractivity contribution in [1.29, 1.82) is 0 Å². The van der Waals surface area contributed by atoms with Gasteiger partial charge in [-0.05, 0) is 25.5 Å². The molecule has 1 unspecified atom stereocenters. The van der Waals surface area contributed by atoms with Crippen LogP contribution in [0.2, 0.25) is 0 Å². The summed E-state index contributed by atoms with van der Waals surface area (Å²) in [6.07, 6.45) is 1.26. The second kappa shape index (κ2) is 8.19. The molecule has 2 amide bonds. The molecule has 0 aromatic heterocycles. The number of carbonyl (C=O) groups is 2. The Kier molecular flexibility index (Phi) is 6.25. The van der Waals surface area contributed by atoms with Gasteiger partial charge in [-0.3, -0.25) is 14.5 Å². The highest BCUT2D eigenvalue weighted by Gasteiger charge is 2.25. The molecule has 0 saturated carbocycles. The Morgan fingerprint density at radius 3 is 2.62 bits per heavy atom. The fourth-order valence-electron chi connectivity index (χ4n) is 2.79. The average molecular weight is 339 g/mol. The number of amides is 2. The summed E-state index contributed by atoms with van der Waals surface area (Å²) in [6, 6.07) is 2.58. The summed E-state index contributed by atoms with van der Waals surface area (Å²) >= 11 is 0. The van der Waals surface area contributed by atoms with Gasteiger partial charge in [0.2, 0.25) is 11.8 Å². The molecule has 1 heterocycles. The SMILES string of the molecule is CCC(=O)N1CCCN(C(C)C(=O)Nc2ccc(F)cc2F)CC1. The van der Waals surface area contributed by atoms with E-state index in [0.29, 0.717) is 32.6 Å². The number of nitrogens with one attached hydrogen (secondary N) is 1. The predicted octanol–water partition coefficient (Wildman–Crippen LogP) is 2.24. The summed E-state index contributed by atoms with van der Waals surface area (Å²) in [5.41, 5.74) is -0.0362. The molecule has 24 heavy (non-hydrogen) atoms. The van der Waals surface area contributed by atoms with Gasteiger partial charge in [0.25, 0.3) is 0 Å². The van der Waals surface area contributed by atoms with Crippen molar-refractivity contribution in [2.24, 2.45) is 0 Å². The minimum atomic E-state index is -0.800. The van der Waals surface area contributed by atoms with Crippen LogP contribution in [0, 0.1) is 11.6 Å². The lowest BCUT2D eigenvalue weighted by Crippen LogP contribution is -2.44. The van der Waals surface area contributed by atoms with Crippen molar-refractivity contribution in [3.8, 4) is 0 Å². The topological polar surface area (TPSA) is 52.7 Å². The first-order valence-electron chi connectivity index (χ1n) is 8.20. The van der Waals surface area contributed by atoms with Gasteiger partial charge < -0.3 is 10.2 Å². The Bertz CT molecular complexity index is 609. The number of nitrogens with zero attached hydrogens (tertiary/aromatic N) is 2. The summed E-state index contributed by atoms with van der Waals surface area (Å²) < 4.78 is 26.6. The standard InChI is InChI=1S/C17H23F2N3O2/c1-3-16(23)22-8-4-7-21(9-10-22)12(2)17(24)20-15-6-5-13(18)11-14(15)19/h5-6,11-12H,3-4,7-10H2,1-2H3,(H,20,24). The molecule has 132 valence electrons. The van der Waals surface area contributed by atoms with Crippen LogP contribution >= 0.6 is 0 Å². The highest BCUT2D eigenvalue weighted by molar-refractivity contribution is 5.94. The van der Waals surface area contributed by atoms with Crippen molar-refractivity contribution in [1.82, 2.24) is 9.80 Å². The average Bonchev–Trinajstić information content (AvgIpc) is 2.82. The number of benzene rings is 1. The third-order valence-electron chi connectivity index (χ3n) is 4.30. The van der Waals surface area contributed by atoms with Gasteiger partial charge in [0.05, 0.1) is 11.7 Å². The second-order valence-corrected chi connectivity index (χ2v) is 5.91. The van der Waals surface area contributed by atoms with E-state index in [1.165, 1.54) is 6.07 Å². The molecule has 1 atom stereocenters. The summed E-state index contributed by atoms with van der Waals surface area (Å²) in [6.45, 7) is 6.12. The van der Waals surface area contributed by atoms with E-state index in [4.69, 9.17) is 0 Å². The lowest BCUT2D eigenvalue weighted by molar-refractivity contribution is -0.130. The Balaban J connectivity index is 1.96. The predicted molar refractivity (Wildman–Crippen MR) is 87.5 cm³/mol. The summed E-state index contributed by atoms with van der Waals surface area (Å²) in [5.74, 6) is -1.73. The maximum absolute atomic E-state index is 13.6. The molecule has 2 rings (SSSR count). The number of rotatable bonds is 4. The van der Waals surface area contributed by atoms with Crippen molar-refractivity contribution in [3.05, 3.63) is 29.8 Å². The van der Waals surface area contributed by atoms with Gasteiger partial charge >= 0.3 is 0 Å². The van der Waals surface area contributed by atoms with Crippen molar-refractivity contribution in [2.45, 2.75) is 32.7 Å². The van der Waals surface area contributed by atoms with Crippen molar-refractivity contribution in [3.63, 3.8) is 0 Å². The molecule has 0 radical (unpaired) electrons. The highest BCUT2D eigenvalue weighted by atomic mass is 19.1. The maximum atomic E-state index is 13.6. The van der Waals surface area contributed by atoms with Gasteiger partial charge in [-0.25, -0.2) is 8.78 Å². The zero-order valence-corrected chi connectivity index (χ0v) is 14.0. The fraction of sp³-hybridized carbons (Fsp3) is 0.529. The number of anilines is 1. The molecule has 1 saturated heterocycles. The van der Waals surface area contributed by atoms with Crippen LogP contribution in [0.15, 0.2) is 18.2 Å². The molecule has 0 spiro atoms. The molecule has 7 heteroatoms. The first kappa shape index (κ1) is 18.3. The normalized spacial score (nSPS) is 17.2. The van der Waals surface area contributed by atoms with E-state index in [9.17, 15) is 18.4 Å². The Morgan fingerprint density at radius 2 is 1.96 bits per heavy atom. The minimum Gasteiger partial charge on any atom is -0.341 e. The molecule has 1 N–H and O–H groups in total. The minimum absolute atomic E-state index is 0.0362. The van der Waals surface area contributed by atoms with E-state index in [2.05, 4.69) is 5.32 Å². The third-order valence-corrected chi connectivity index (χ3v) is 4.30. The lowest BCUT2D eigenvalue weighted by Gasteiger charge is -2.27. The van der Waals surface area contributed by atoms with Crippen molar-refractivity contribution < 1.29 is 18.4 Å². The highest BCUT2D eigenvalue weighted by Crippen LogP contribution is 2.16. The van der Waals surface area contributed by atoms with Crippen LogP contribution in [0.3, 0.4) is 0 Å². The summed E-state index contributed by atoms with van der Waals surface area (Å²) in [4.78, 5) is 27.9. The van der Waals surface area contributed by atoms with Crippen LogP contribution in [-0.2, 0) is 9.59 Å². The Hall–Kier alpha value is -2.02. The molecule has 0 aliphatic carbocycles. The van der Waals surface area contributed by atoms with Gasteiger partial charge in [0.1, 0.15) is 11.6 Å². The number of halogens is 2. The lowest BCUT2D eigenvalue weighted by atomic mass is 10.2. The van der Waals surface area contributed by atoms with Crippen LogP contribution in [0.25, 0.3) is 0 Å². The molecular formula is C17H23F2N3O2. The van der Waals surface area contributed by atoms with Crippen LogP contribution in [0.4, 0.5) is 14.5 Å². The first-order valence-corrected chi connectivity index (χ1v) is 8.20. The zero-order chi connectivity index (χ0) is 17.7. The molecular weight excluding hydrogens is 316 g/mol. The van der Waals surface area contributed by atoms with Crippen LogP contribution < -0.4 is 5.32 Å². The van der Waals surface area contributed by atoms with E-state index in [-0.39, 0.29) is 17.5 Å². The molecule has 1 aliphatic rings. The van der Waals surface area contributed by atoms with Gasteiger partial charge in [-0.2, -0.15) is 0 Å². The van der Waals surface area contributed by atoms with E-state index in [0.717, 1.165) is 18.6 Å². The van der Waals surface area contributed by atoms with Gasteiger partial charge in [-0.15, -0.1) is 0 Å². The molecule has 0 bridgehead atoms. The zero-order valence-electron chi connectivity index (χ0n) is 14.0. The monoisotopic (exact) mass is 339 g/mol.